The highest BCUT2D eigenvalue weighted by atomic mass is 32.2. The van der Waals surface area contributed by atoms with E-state index in [1.165, 1.54) is 5.57 Å². The van der Waals surface area contributed by atoms with Crippen molar-refractivity contribution in [1.29, 1.82) is 0 Å². The van der Waals surface area contributed by atoms with Crippen LogP contribution in [0.5, 0.6) is 0 Å². The SMILES string of the molecule is C/C=C(/CC)CS(=O)(=NC)c1ccccc1. The lowest BCUT2D eigenvalue weighted by molar-refractivity contribution is 0.677. The first-order valence-corrected chi connectivity index (χ1v) is 7.16. The Morgan fingerprint density at radius 3 is 2.44 bits per heavy atom. The third kappa shape index (κ3) is 2.95. The second-order valence-corrected chi connectivity index (χ2v) is 5.99. The number of hydrogen-bond acceptors (Lipinski definition) is 2. The molecular formula is C13H19NOS. The van der Waals surface area contributed by atoms with Crippen molar-refractivity contribution in [3.05, 3.63) is 42.0 Å². The molecule has 16 heavy (non-hydrogen) atoms. The zero-order chi connectivity index (χ0) is 12.0. The van der Waals surface area contributed by atoms with Crippen LogP contribution in [0.3, 0.4) is 0 Å². The molecule has 0 aliphatic rings. The Hall–Kier alpha value is -1.09. The molecule has 0 saturated heterocycles. The normalized spacial score (nSPS) is 15.6. The van der Waals surface area contributed by atoms with Gasteiger partial charge in [-0.25, -0.2) is 8.57 Å². The standard InChI is InChI=1S/C13H19NOS/c1-4-12(5-2)11-16(15,14-3)13-9-7-6-8-10-13/h4,6-10H,5,11H2,1-3H3/b12-4-. The summed E-state index contributed by atoms with van der Waals surface area (Å²) < 4.78 is 16.8. The molecule has 1 aromatic carbocycles. The van der Waals surface area contributed by atoms with E-state index in [0.717, 1.165) is 11.3 Å². The molecule has 2 nitrogen and oxygen atoms in total. The van der Waals surface area contributed by atoms with Crippen molar-refractivity contribution in [2.75, 3.05) is 12.8 Å². The van der Waals surface area contributed by atoms with Crippen molar-refractivity contribution in [2.45, 2.75) is 25.2 Å². The monoisotopic (exact) mass is 237 g/mol. The Balaban J connectivity index is 3.11. The minimum absolute atomic E-state index is 0.542. The predicted octanol–water partition coefficient (Wildman–Crippen LogP) is 3.50. The zero-order valence-electron chi connectivity index (χ0n) is 10.1. The van der Waals surface area contributed by atoms with Gasteiger partial charge in [0.25, 0.3) is 0 Å². The minimum Gasteiger partial charge on any atom is -0.244 e. The lowest BCUT2D eigenvalue weighted by atomic mass is 10.2. The molecular weight excluding hydrogens is 218 g/mol. The summed E-state index contributed by atoms with van der Waals surface area (Å²) in [5.41, 5.74) is 1.19. The molecule has 1 atom stereocenters. The Labute approximate surface area is 98.6 Å². The van der Waals surface area contributed by atoms with Crippen molar-refractivity contribution >= 4 is 9.73 Å². The van der Waals surface area contributed by atoms with E-state index in [1.54, 1.807) is 7.05 Å². The molecule has 0 bridgehead atoms. The quantitative estimate of drug-likeness (QED) is 0.737. The minimum atomic E-state index is -2.27. The maximum atomic E-state index is 12.7. The lowest BCUT2D eigenvalue weighted by Crippen LogP contribution is -2.08. The average molecular weight is 237 g/mol. The molecule has 0 aliphatic heterocycles. The first kappa shape index (κ1) is 13.0. The molecule has 1 unspecified atom stereocenters. The number of allylic oxidation sites excluding steroid dienone is 1. The third-order valence-corrected chi connectivity index (χ3v) is 5.01. The van der Waals surface area contributed by atoms with Gasteiger partial charge in [0, 0.05) is 11.9 Å². The van der Waals surface area contributed by atoms with Crippen molar-refractivity contribution in [2.24, 2.45) is 4.36 Å². The van der Waals surface area contributed by atoms with Crippen molar-refractivity contribution in [3.8, 4) is 0 Å². The maximum Gasteiger partial charge on any atom is 0.0788 e. The van der Waals surface area contributed by atoms with Crippen molar-refractivity contribution in [1.82, 2.24) is 0 Å². The van der Waals surface area contributed by atoms with E-state index < -0.39 is 9.73 Å². The van der Waals surface area contributed by atoms with E-state index in [2.05, 4.69) is 11.3 Å². The molecule has 88 valence electrons. The van der Waals surface area contributed by atoms with E-state index in [0.29, 0.717) is 5.75 Å². The van der Waals surface area contributed by atoms with E-state index in [1.807, 2.05) is 43.3 Å². The van der Waals surface area contributed by atoms with Crippen LogP contribution in [0, 0.1) is 0 Å². The Kier molecular flexibility index (Phi) is 4.74. The van der Waals surface area contributed by atoms with Crippen LogP contribution in [-0.2, 0) is 9.73 Å². The highest BCUT2D eigenvalue weighted by Gasteiger charge is 2.12. The summed E-state index contributed by atoms with van der Waals surface area (Å²) in [6.07, 6.45) is 2.96. The molecule has 0 amide bonds. The Bertz CT molecular complexity index is 468. The number of benzene rings is 1. The first-order chi connectivity index (χ1) is 7.66. The van der Waals surface area contributed by atoms with Gasteiger partial charge in [0.05, 0.1) is 15.5 Å². The molecule has 0 radical (unpaired) electrons. The molecule has 1 aromatic rings. The number of nitrogens with zero attached hydrogens (tertiary/aromatic N) is 1. The van der Waals surface area contributed by atoms with Crippen molar-refractivity contribution < 1.29 is 4.21 Å². The van der Waals surface area contributed by atoms with Gasteiger partial charge in [0.15, 0.2) is 0 Å². The zero-order valence-corrected chi connectivity index (χ0v) is 11.0. The average Bonchev–Trinajstić information content (AvgIpc) is 2.36. The Morgan fingerprint density at radius 1 is 1.38 bits per heavy atom. The maximum absolute atomic E-state index is 12.7. The van der Waals surface area contributed by atoms with Gasteiger partial charge in [-0.1, -0.05) is 36.8 Å². The molecule has 0 N–H and O–H groups in total. The van der Waals surface area contributed by atoms with Gasteiger partial charge in [0.1, 0.15) is 0 Å². The molecule has 3 heteroatoms. The largest absolute Gasteiger partial charge is 0.244 e. The van der Waals surface area contributed by atoms with Gasteiger partial charge >= 0.3 is 0 Å². The molecule has 0 saturated carbocycles. The summed E-state index contributed by atoms with van der Waals surface area (Å²) >= 11 is 0. The topological polar surface area (TPSA) is 29.4 Å². The van der Waals surface area contributed by atoms with E-state index >= 15 is 0 Å². The third-order valence-electron chi connectivity index (χ3n) is 2.65. The molecule has 0 spiro atoms. The van der Waals surface area contributed by atoms with Crippen LogP contribution in [0.1, 0.15) is 20.3 Å². The van der Waals surface area contributed by atoms with Gasteiger partial charge in [-0.05, 0) is 25.5 Å². The summed E-state index contributed by atoms with van der Waals surface area (Å²) in [7, 11) is -0.635. The van der Waals surface area contributed by atoms with Crippen LogP contribution in [0.15, 0.2) is 51.2 Å². The summed E-state index contributed by atoms with van der Waals surface area (Å²) in [6.45, 7) is 4.06. The second kappa shape index (κ2) is 5.85. The van der Waals surface area contributed by atoms with E-state index in [9.17, 15) is 4.21 Å². The summed E-state index contributed by atoms with van der Waals surface area (Å²) in [5.74, 6) is 0.542. The second-order valence-electron chi connectivity index (χ2n) is 3.58. The highest BCUT2D eigenvalue weighted by Crippen LogP contribution is 2.17. The van der Waals surface area contributed by atoms with E-state index in [-0.39, 0.29) is 0 Å². The van der Waals surface area contributed by atoms with Crippen LogP contribution in [0.25, 0.3) is 0 Å². The van der Waals surface area contributed by atoms with Crippen LogP contribution in [-0.4, -0.2) is 17.0 Å². The van der Waals surface area contributed by atoms with Crippen molar-refractivity contribution in [3.63, 3.8) is 0 Å². The van der Waals surface area contributed by atoms with Gasteiger partial charge in [0.2, 0.25) is 0 Å². The summed E-state index contributed by atoms with van der Waals surface area (Å²) in [5, 5.41) is 0. The smallest absolute Gasteiger partial charge is 0.0788 e. The van der Waals surface area contributed by atoms with Crippen LogP contribution < -0.4 is 0 Å². The van der Waals surface area contributed by atoms with Gasteiger partial charge < -0.3 is 0 Å². The molecule has 0 aromatic heterocycles. The fourth-order valence-corrected chi connectivity index (χ4v) is 3.49. The first-order valence-electron chi connectivity index (χ1n) is 5.48. The molecule has 0 fully saturated rings. The fourth-order valence-electron chi connectivity index (χ4n) is 1.53. The summed E-state index contributed by atoms with van der Waals surface area (Å²) in [6, 6.07) is 9.51. The van der Waals surface area contributed by atoms with Crippen LogP contribution in [0.2, 0.25) is 0 Å². The Morgan fingerprint density at radius 2 is 2.00 bits per heavy atom. The van der Waals surface area contributed by atoms with Crippen LogP contribution >= 0.6 is 0 Å². The molecule has 0 heterocycles. The van der Waals surface area contributed by atoms with Gasteiger partial charge in [-0.3, -0.25) is 0 Å². The fraction of sp³-hybridized carbons (Fsp3) is 0.385. The predicted molar refractivity (Wildman–Crippen MR) is 70.1 cm³/mol. The molecule has 1 rings (SSSR count). The number of rotatable bonds is 4. The van der Waals surface area contributed by atoms with Gasteiger partial charge in [-0.2, -0.15) is 0 Å². The van der Waals surface area contributed by atoms with Gasteiger partial charge in [-0.15, -0.1) is 0 Å². The molecule has 0 aliphatic carbocycles. The number of hydrogen-bond donors (Lipinski definition) is 0. The van der Waals surface area contributed by atoms with Crippen LogP contribution in [0.4, 0.5) is 0 Å². The summed E-state index contributed by atoms with van der Waals surface area (Å²) in [4.78, 5) is 0.824. The highest BCUT2D eigenvalue weighted by molar-refractivity contribution is 7.93. The van der Waals surface area contributed by atoms with E-state index in [4.69, 9.17) is 0 Å². The lowest BCUT2D eigenvalue weighted by Gasteiger charge is -2.11.